The predicted molar refractivity (Wildman–Crippen MR) is 69.6 cm³/mol. The van der Waals surface area contributed by atoms with E-state index < -0.39 is 12.0 Å². The van der Waals surface area contributed by atoms with Crippen LogP contribution in [0.1, 0.15) is 18.0 Å². The summed E-state index contributed by atoms with van der Waals surface area (Å²) in [6, 6.07) is 7.53. The smallest absolute Gasteiger partial charge is 0.330 e. The van der Waals surface area contributed by atoms with Crippen LogP contribution in [0.25, 0.3) is 0 Å². The number of carboxylic acids is 1. The van der Waals surface area contributed by atoms with Gasteiger partial charge in [0.05, 0.1) is 6.54 Å². The van der Waals surface area contributed by atoms with Gasteiger partial charge in [0.1, 0.15) is 12.7 Å². The highest BCUT2D eigenvalue weighted by Gasteiger charge is 2.21. The minimum absolute atomic E-state index is 0.139. The van der Waals surface area contributed by atoms with Gasteiger partial charge in [-0.3, -0.25) is 9.48 Å². The number of carbonyl (C=O) groups is 2. The average molecular weight is 274 g/mol. The van der Waals surface area contributed by atoms with Crippen molar-refractivity contribution >= 4 is 11.9 Å². The molecule has 1 aromatic carbocycles. The third-order valence-corrected chi connectivity index (χ3v) is 2.72. The second-order valence-corrected chi connectivity index (χ2v) is 4.16. The van der Waals surface area contributed by atoms with Crippen molar-refractivity contribution in [3.8, 4) is 0 Å². The molecule has 0 radical (unpaired) electrons. The number of nitrogens with one attached hydrogen (secondary N) is 1. The fraction of sp³-hybridized carbons (Fsp3) is 0.231. The van der Waals surface area contributed by atoms with E-state index in [-0.39, 0.29) is 12.3 Å². The van der Waals surface area contributed by atoms with Gasteiger partial charge in [-0.25, -0.2) is 9.78 Å². The Labute approximate surface area is 115 Å². The standard InChI is InChI=1S/C13H14N4O3/c18-11(6-7-17-9-14-8-15-17)16-12(13(19)20)10-4-2-1-3-5-10/h1-5,8-9,12H,6-7H2,(H,16,18)(H,19,20)/t12-/m1/s1. The van der Waals surface area contributed by atoms with Gasteiger partial charge in [-0.15, -0.1) is 0 Å². The molecular formula is C13H14N4O3. The van der Waals surface area contributed by atoms with Gasteiger partial charge in [-0.05, 0) is 5.56 Å². The van der Waals surface area contributed by atoms with Crippen molar-refractivity contribution in [3.63, 3.8) is 0 Å². The number of hydrogen-bond acceptors (Lipinski definition) is 4. The van der Waals surface area contributed by atoms with E-state index in [0.717, 1.165) is 0 Å². The highest BCUT2D eigenvalue weighted by molar-refractivity contribution is 5.84. The van der Waals surface area contributed by atoms with Crippen molar-refractivity contribution in [2.45, 2.75) is 19.0 Å². The van der Waals surface area contributed by atoms with E-state index in [9.17, 15) is 14.7 Å². The lowest BCUT2D eigenvalue weighted by Gasteiger charge is -2.14. The van der Waals surface area contributed by atoms with Crippen LogP contribution in [0.15, 0.2) is 43.0 Å². The molecule has 0 saturated carbocycles. The minimum Gasteiger partial charge on any atom is -0.479 e. The van der Waals surface area contributed by atoms with Crippen molar-refractivity contribution in [1.29, 1.82) is 0 Å². The first-order valence-corrected chi connectivity index (χ1v) is 6.06. The average Bonchev–Trinajstić information content (AvgIpc) is 2.96. The van der Waals surface area contributed by atoms with E-state index in [1.807, 2.05) is 0 Å². The van der Waals surface area contributed by atoms with Crippen LogP contribution in [0, 0.1) is 0 Å². The molecule has 2 rings (SSSR count). The Balaban J connectivity index is 1.95. The third-order valence-electron chi connectivity index (χ3n) is 2.72. The molecular weight excluding hydrogens is 260 g/mol. The van der Waals surface area contributed by atoms with E-state index >= 15 is 0 Å². The van der Waals surface area contributed by atoms with E-state index in [4.69, 9.17) is 0 Å². The first-order valence-electron chi connectivity index (χ1n) is 6.06. The number of amides is 1. The van der Waals surface area contributed by atoms with Gasteiger partial charge in [0.2, 0.25) is 5.91 Å². The number of benzene rings is 1. The minimum atomic E-state index is -1.09. The number of aliphatic carboxylic acids is 1. The summed E-state index contributed by atoms with van der Waals surface area (Å²) in [7, 11) is 0. The zero-order valence-electron chi connectivity index (χ0n) is 10.6. The van der Waals surface area contributed by atoms with Crippen LogP contribution in [-0.2, 0) is 16.1 Å². The van der Waals surface area contributed by atoms with Crippen LogP contribution in [0.4, 0.5) is 0 Å². The first-order chi connectivity index (χ1) is 9.66. The molecule has 0 bridgehead atoms. The molecule has 1 atom stereocenters. The van der Waals surface area contributed by atoms with Crippen molar-refractivity contribution in [3.05, 3.63) is 48.5 Å². The first kappa shape index (κ1) is 13.7. The van der Waals surface area contributed by atoms with Gasteiger partial charge in [0.15, 0.2) is 6.04 Å². The zero-order chi connectivity index (χ0) is 14.4. The van der Waals surface area contributed by atoms with Crippen LogP contribution in [0.2, 0.25) is 0 Å². The van der Waals surface area contributed by atoms with Crippen molar-refractivity contribution < 1.29 is 14.7 Å². The Morgan fingerprint density at radius 2 is 2.05 bits per heavy atom. The fourth-order valence-corrected chi connectivity index (χ4v) is 1.73. The number of nitrogens with zero attached hydrogens (tertiary/aromatic N) is 3. The number of carbonyl (C=O) groups excluding carboxylic acids is 1. The van der Waals surface area contributed by atoms with Crippen molar-refractivity contribution in [1.82, 2.24) is 20.1 Å². The normalized spacial score (nSPS) is 11.8. The molecule has 1 aromatic heterocycles. The van der Waals surface area contributed by atoms with E-state index in [0.29, 0.717) is 12.1 Å². The second-order valence-electron chi connectivity index (χ2n) is 4.16. The summed E-state index contributed by atoms with van der Waals surface area (Å²) in [5.74, 6) is -1.44. The molecule has 0 spiro atoms. The highest BCUT2D eigenvalue weighted by Crippen LogP contribution is 2.12. The molecule has 0 fully saturated rings. The van der Waals surface area contributed by atoms with Crippen LogP contribution in [0.5, 0.6) is 0 Å². The predicted octanol–water partition coefficient (Wildman–Crippen LogP) is 0.610. The summed E-state index contributed by atoms with van der Waals surface area (Å²) in [6.45, 7) is 0.354. The Morgan fingerprint density at radius 3 is 2.65 bits per heavy atom. The molecule has 0 aliphatic carbocycles. The number of hydrogen-bond donors (Lipinski definition) is 2. The quantitative estimate of drug-likeness (QED) is 0.804. The Morgan fingerprint density at radius 1 is 1.30 bits per heavy atom. The molecule has 2 N–H and O–H groups in total. The maximum atomic E-state index is 11.8. The maximum Gasteiger partial charge on any atom is 0.330 e. The molecule has 7 heteroatoms. The molecule has 0 aliphatic heterocycles. The topological polar surface area (TPSA) is 97.1 Å². The monoisotopic (exact) mass is 274 g/mol. The molecule has 1 heterocycles. The third kappa shape index (κ3) is 3.64. The van der Waals surface area contributed by atoms with Crippen LogP contribution < -0.4 is 5.32 Å². The largest absolute Gasteiger partial charge is 0.479 e. The second kappa shape index (κ2) is 6.46. The van der Waals surface area contributed by atoms with E-state index in [1.54, 1.807) is 30.3 Å². The lowest BCUT2D eigenvalue weighted by atomic mass is 10.1. The number of aryl methyl sites for hydroxylation is 1. The van der Waals surface area contributed by atoms with E-state index in [2.05, 4.69) is 15.4 Å². The SMILES string of the molecule is O=C(CCn1cncn1)N[C@@H](C(=O)O)c1ccccc1. The van der Waals surface area contributed by atoms with Gasteiger partial charge in [0, 0.05) is 6.42 Å². The highest BCUT2D eigenvalue weighted by atomic mass is 16.4. The Kier molecular flexibility index (Phi) is 4.43. The van der Waals surface area contributed by atoms with Crippen LogP contribution in [0.3, 0.4) is 0 Å². The Bertz CT molecular complexity index is 569. The number of rotatable bonds is 6. The Hall–Kier alpha value is -2.70. The van der Waals surface area contributed by atoms with Gasteiger partial charge < -0.3 is 10.4 Å². The summed E-state index contributed by atoms with van der Waals surface area (Å²) in [5, 5.41) is 15.6. The van der Waals surface area contributed by atoms with E-state index in [1.165, 1.54) is 17.3 Å². The van der Waals surface area contributed by atoms with Crippen molar-refractivity contribution in [2.75, 3.05) is 0 Å². The molecule has 104 valence electrons. The van der Waals surface area contributed by atoms with Crippen LogP contribution in [-0.4, -0.2) is 31.7 Å². The van der Waals surface area contributed by atoms with Gasteiger partial charge >= 0.3 is 5.97 Å². The van der Waals surface area contributed by atoms with Crippen molar-refractivity contribution in [2.24, 2.45) is 0 Å². The number of aromatic nitrogens is 3. The lowest BCUT2D eigenvalue weighted by Crippen LogP contribution is -2.34. The molecule has 20 heavy (non-hydrogen) atoms. The molecule has 7 nitrogen and oxygen atoms in total. The molecule has 0 saturated heterocycles. The number of carboxylic acid groups (broad SMARTS) is 1. The summed E-state index contributed by atoms with van der Waals surface area (Å²) in [5.41, 5.74) is 0.536. The maximum absolute atomic E-state index is 11.8. The molecule has 1 amide bonds. The van der Waals surface area contributed by atoms with Gasteiger partial charge in [0.25, 0.3) is 0 Å². The summed E-state index contributed by atoms with van der Waals surface area (Å²) in [6.07, 6.45) is 3.01. The molecule has 2 aromatic rings. The summed E-state index contributed by atoms with van der Waals surface area (Å²) >= 11 is 0. The fourth-order valence-electron chi connectivity index (χ4n) is 1.73. The molecule has 0 unspecified atom stereocenters. The molecule has 0 aliphatic rings. The zero-order valence-corrected chi connectivity index (χ0v) is 10.6. The van der Waals surface area contributed by atoms with Gasteiger partial charge in [-0.1, -0.05) is 30.3 Å². The lowest BCUT2D eigenvalue weighted by molar-refractivity contribution is -0.142. The summed E-state index contributed by atoms with van der Waals surface area (Å²) in [4.78, 5) is 26.8. The van der Waals surface area contributed by atoms with Crippen LogP contribution >= 0.6 is 0 Å². The van der Waals surface area contributed by atoms with Gasteiger partial charge in [-0.2, -0.15) is 5.10 Å². The summed E-state index contributed by atoms with van der Waals surface area (Å²) < 4.78 is 1.51.